The van der Waals surface area contributed by atoms with E-state index < -0.39 is 6.03 Å². The fourth-order valence-electron chi connectivity index (χ4n) is 0.227. The highest BCUT2D eigenvalue weighted by molar-refractivity contribution is 5.69. The van der Waals surface area contributed by atoms with Crippen molar-refractivity contribution in [3.05, 3.63) is 24.7 Å². The molecule has 0 saturated carbocycles. The van der Waals surface area contributed by atoms with E-state index in [1.165, 1.54) is 0 Å². The van der Waals surface area contributed by atoms with Crippen molar-refractivity contribution in [3.63, 3.8) is 0 Å². The van der Waals surface area contributed by atoms with Crippen LogP contribution in [0.2, 0.25) is 0 Å². The van der Waals surface area contributed by atoms with Crippen LogP contribution in [0.1, 0.15) is 0 Å². The summed E-state index contributed by atoms with van der Waals surface area (Å²) in [6.45, 7) is 0. The second-order valence-corrected chi connectivity index (χ2v) is 1.20. The van der Waals surface area contributed by atoms with Crippen molar-refractivity contribution >= 4 is 6.03 Å². The van der Waals surface area contributed by atoms with Crippen LogP contribution in [0.5, 0.6) is 0 Å². The Labute approximate surface area is 52.4 Å². The van der Waals surface area contributed by atoms with Crippen LogP contribution in [0.4, 0.5) is 4.79 Å². The van der Waals surface area contributed by atoms with Crippen LogP contribution in [0.15, 0.2) is 29.1 Å². The fourth-order valence-corrected chi connectivity index (χ4v) is 0.227. The highest BCUT2D eigenvalue weighted by Gasteiger charge is 1.60. The Kier molecular flexibility index (Phi) is 3.95. The molecule has 4 heteroatoms. The van der Waals surface area contributed by atoms with Gasteiger partial charge in [-0.2, -0.15) is 0 Å². The summed E-state index contributed by atoms with van der Waals surface area (Å²) in [5, 5.41) is 0. The molecule has 0 atom stereocenters. The zero-order valence-electron chi connectivity index (χ0n) is 4.78. The maximum absolute atomic E-state index is 9.00. The summed E-state index contributed by atoms with van der Waals surface area (Å²) in [5.41, 5.74) is 8.50. The van der Waals surface area contributed by atoms with Crippen LogP contribution in [0.3, 0.4) is 0 Å². The maximum atomic E-state index is 9.00. The standard InChI is InChI=1S/C4H4O.CH4N2O/c1-2-4-5-3-1;2-1(3)4/h1-4H;(H4,2,3,4). The number of carbonyl (C=O) groups excluding carboxylic acids is 1. The Hall–Kier alpha value is -1.45. The summed E-state index contributed by atoms with van der Waals surface area (Å²) < 4.78 is 4.58. The summed E-state index contributed by atoms with van der Waals surface area (Å²) in [7, 11) is 0. The number of furan rings is 1. The molecule has 4 N–H and O–H groups in total. The second kappa shape index (κ2) is 4.70. The van der Waals surface area contributed by atoms with E-state index in [-0.39, 0.29) is 0 Å². The van der Waals surface area contributed by atoms with Crippen LogP contribution < -0.4 is 11.5 Å². The molecular formula is C5H8N2O2. The lowest BCUT2D eigenvalue weighted by molar-refractivity contribution is 0.256. The van der Waals surface area contributed by atoms with Crippen molar-refractivity contribution < 1.29 is 9.21 Å². The van der Waals surface area contributed by atoms with Crippen LogP contribution in [-0.2, 0) is 0 Å². The molecule has 0 spiro atoms. The predicted molar refractivity (Wildman–Crippen MR) is 32.5 cm³/mol. The molecule has 0 saturated heterocycles. The SMILES string of the molecule is NC(N)=O.c1ccoc1. The number of nitrogens with two attached hydrogens (primary N) is 2. The molecule has 0 fully saturated rings. The molecule has 1 aromatic heterocycles. The van der Waals surface area contributed by atoms with Crippen molar-refractivity contribution in [1.82, 2.24) is 0 Å². The van der Waals surface area contributed by atoms with Gasteiger partial charge < -0.3 is 15.9 Å². The summed E-state index contributed by atoms with van der Waals surface area (Å²) >= 11 is 0. The molecule has 0 aliphatic carbocycles. The van der Waals surface area contributed by atoms with Gasteiger partial charge in [0.2, 0.25) is 0 Å². The average Bonchev–Trinajstić information content (AvgIpc) is 2.11. The molecular weight excluding hydrogens is 120 g/mol. The minimum atomic E-state index is -0.833. The first-order valence-corrected chi connectivity index (χ1v) is 2.25. The van der Waals surface area contributed by atoms with Crippen molar-refractivity contribution in [3.8, 4) is 0 Å². The van der Waals surface area contributed by atoms with Crippen LogP contribution in [0, 0.1) is 0 Å². The molecule has 0 aliphatic heterocycles. The van der Waals surface area contributed by atoms with Gasteiger partial charge in [0, 0.05) is 0 Å². The molecule has 1 rings (SSSR count). The number of hydrogen-bond acceptors (Lipinski definition) is 2. The van der Waals surface area contributed by atoms with Crippen molar-refractivity contribution in [2.45, 2.75) is 0 Å². The van der Waals surface area contributed by atoms with Gasteiger partial charge in [0.1, 0.15) is 0 Å². The number of amides is 2. The normalized spacial score (nSPS) is 7.11. The zero-order valence-corrected chi connectivity index (χ0v) is 4.78. The first-order valence-electron chi connectivity index (χ1n) is 2.25. The minimum Gasteiger partial charge on any atom is -0.473 e. The van der Waals surface area contributed by atoms with Gasteiger partial charge >= 0.3 is 6.03 Å². The Balaban J connectivity index is 0.000000148. The molecule has 0 bridgehead atoms. The predicted octanol–water partition coefficient (Wildman–Crippen LogP) is 0.303. The first-order chi connectivity index (χ1) is 4.23. The van der Waals surface area contributed by atoms with Gasteiger partial charge in [-0.15, -0.1) is 0 Å². The zero-order chi connectivity index (χ0) is 7.11. The lowest BCUT2D eigenvalue weighted by Crippen LogP contribution is -2.18. The molecule has 0 aromatic carbocycles. The highest BCUT2D eigenvalue weighted by atomic mass is 16.3. The number of urea groups is 1. The quantitative estimate of drug-likeness (QED) is 0.526. The van der Waals surface area contributed by atoms with E-state index in [0.29, 0.717) is 0 Å². The Morgan fingerprint density at radius 3 is 1.67 bits per heavy atom. The summed E-state index contributed by atoms with van der Waals surface area (Å²) in [6, 6.07) is 2.83. The average molecular weight is 128 g/mol. The van der Waals surface area contributed by atoms with Gasteiger partial charge in [0.05, 0.1) is 12.5 Å². The summed E-state index contributed by atoms with van der Waals surface area (Å²) in [6.07, 6.45) is 3.25. The molecule has 50 valence electrons. The molecule has 9 heavy (non-hydrogen) atoms. The molecule has 4 nitrogen and oxygen atoms in total. The van der Waals surface area contributed by atoms with E-state index in [0.717, 1.165) is 0 Å². The molecule has 0 radical (unpaired) electrons. The monoisotopic (exact) mass is 128 g/mol. The second-order valence-electron chi connectivity index (χ2n) is 1.20. The van der Waals surface area contributed by atoms with Gasteiger partial charge in [0.25, 0.3) is 0 Å². The van der Waals surface area contributed by atoms with Gasteiger partial charge in [0.15, 0.2) is 0 Å². The lowest BCUT2D eigenvalue weighted by Gasteiger charge is -1.62. The van der Waals surface area contributed by atoms with E-state index >= 15 is 0 Å². The minimum absolute atomic E-state index is 0.833. The Morgan fingerprint density at radius 1 is 1.22 bits per heavy atom. The fraction of sp³-hybridized carbons (Fsp3) is 0. The molecule has 0 unspecified atom stereocenters. The Bertz CT molecular complexity index is 127. The molecule has 1 heterocycles. The van der Waals surface area contributed by atoms with E-state index in [1.807, 2.05) is 12.1 Å². The number of rotatable bonds is 0. The van der Waals surface area contributed by atoms with Crippen LogP contribution in [-0.4, -0.2) is 6.03 Å². The van der Waals surface area contributed by atoms with Crippen molar-refractivity contribution in [1.29, 1.82) is 0 Å². The van der Waals surface area contributed by atoms with Crippen molar-refractivity contribution in [2.75, 3.05) is 0 Å². The summed E-state index contributed by atoms with van der Waals surface area (Å²) in [5.74, 6) is 0. The third-order valence-electron chi connectivity index (χ3n) is 0.425. The van der Waals surface area contributed by atoms with Crippen LogP contribution >= 0.6 is 0 Å². The van der Waals surface area contributed by atoms with Gasteiger partial charge in [-0.1, -0.05) is 0 Å². The number of primary amides is 2. The number of hydrogen-bond donors (Lipinski definition) is 2. The largest absolute Gasteiger partial charge is 0.473 e. The third-order valence-corrected chi connectivity index (χ3v) is 0.425. The van der Waals surface area contributed by atoms with Gasteiger partial charge in [-0.25, -0.2) is 4.79 Å². The lowest BCUT2D eigenvalue weighted by atomic mass is 10.7. The molecule has 1 aromatic rings. The molecule has 0 aliphatic rings. The van der Waals surface area contributed by atoms with E-state index in [1.54, 1.807) is 12.5 Å². The maximum Gasteiger partial charge on any atom is 0.309 e. The summed E-state index contributed by atoms with van der Waals surface area (Å²) in [4.78, 5) is 9.00. The smallest absolute Gasteiger partial charge is 0.309 e. The number of carbonyl (C=O) groups is 1. The highest BCUT2D eigenvalue weighted by Crippen LogP contribution is 1.79. The van der Waals surface area contributed by atoms with Crippen LogP contribution in [0.25, 0.3) is 0 Å². The topological polar surface area (TPSA) is 82.2 Å². The van der Waals surface area contributed by atoms with Gasteiger partial charge in [-0.05, 0) is 12.1 Å². The van der Waals surface area contributed by atoms with E-state index in [2.05, 4.69) is 15.9 Å². The molecule has 2 amide bonds. The van der Waals surface area contributed by atoms with E-state index in [4.69, 9.17) is 4.79 Å². The Morgan fingerprint density at radius 2 is 1.56 bits per heavy atom. The van der Waals surface area contributed by atoms with E-state index in [9.17, 15) is 0 Å². The first kappa shape index (κ1) is 7.55. The van der Waals surface area contributed by atoms with Gasteiger partial charge in [-0.3, -0.25) is 0 Å². The third kappa shape index (κ3) is 10.8. The van der Waals surface area contributed by atoms with Crippen molar-refractivity contribution in [2.24, 2.45) is 11.5 Å².